The molecule has 0 spiro atoms. The molecule has 13 rings (SSSR count). The van der Waals surface area contributed by atoms with Crippen molar-refractivity contribution in [3.05, 3.63) is 290 Å². The van der Waals surface area contributed by atoms with Crippen LogP contribution in [0.3, 0.4) is 0 Å². The summed E-state index contributed by atoms with van der Waals surface area (Å²) in [5.74, 6) is 0. The minimum Gasteiger partial charge on any atom is -0.310 e. The number of fused-ring (bicyclic) bond motifs is 6. The van der Waals surface area contributed by atoms with E-state index < -0.39 is 0 Å². The maximum absolute atomic E-state index is 2.42. The van der Waals surface area contributed by atoms with Gasteiger partial charge < -0.3 is 9.80 Å². The van der Waals surface area contributed by atoms with Gasteiger partial charge in [0.1, 0.15) is 0 Å². The predicted molar refractivity (Wildman–Crippen MR) is 315 cm³/mol. The Kier molecular flexibility index (Phi) is 11.1. The first-order chi connectivity index (χ1) is 36.4. The van der Waals surface area contributed by atoms with E-state index in [-0.39, 0.29) is 5.41 Å². The Labute approximate surface area is 434 Å². The van der Waals surface area contributed by atoms with Crippen LogP contribution in [0.4, 0.5) is 34.1 Å². The van der Waals surface area contributed by atoms with Crippen LogP contribution in [0.2, 0.25) is 0 Å². The molecule has 74 heavy (non-hydrogen) atoms. The average molecular weight is 947 g/mol. The third-order valence-corrected chi connectivity index (χ3v) is 15.4. The topological polar surface area (TPSA) is 6.48 Å². The van der Waals surface area contributed by atoms with E-state index in [2.05, 4.69) is 304 Å². The molecule has 352 valence electrons. The number of benzene rings is 12. The zero-order valence-electron chi connectivity index (χ0n) is 41.9. The highest BCUT2D eigenvalue weighted by atomic mass is 15.1. The number of nitrogens with zero attached hydrogens (tertiary/aromatic N) is 2. The molecule has 2 nitrogen and oxygen atoms in total. The SMILES string of the molecule is Cc1cccc2c1-c1ccc(N(c3ccccc3)c3ccc(-c4cc(-c5ccccc5)c(-c5ccc(N(c6ccccc6)c6cc7ccccc7c7ccccc67)cc5)cc4-c4ccccc4)cc3)cc1C2(C)C. The third-order valence-electron chi connectivity index (χ3n) is 15.4. The molecule has 2 heteroatoms. The number of aryl methyl sites for hydroxylation is 1. The summed E-state index contributed by atoms with van der Waals surface area (Å²) in [6.07, 6.45) is 0. The van der Waals surface area contributed by atoms with Crippen molar-refractivity contribution in [3.8, 4) is 55.6 Å². The monoisotopic (exact) mass is 946 g/mol. The highest BCUT2D eigenvalue weighted by Crippen LogP contribution is 2.52. The van der Waals surface area contributed by atoms with Gasteiger partial charge in [-0.1, -0.05) is 208 Å². The molecule has 1 aliphatic rings. The lowest BCUT2D eigenvalue weighted by Crippen LogP contribution is -2.16. The van der Waals surface area contributed by atoms with Crippen LogP contribution in [0.25, 0.3) is 77.2 Å². The van der Waals surface area contributed by atoms with Crippen molar-refractivity contribution in [2.75, 3.05) is 9.80 Å². The molecule has 0 heterocycles. The molecule has 0 atom stereocenters. The van der Waals surface area contributed by atoms with Crippen LogP contribution in [-0.2, 0) is 5.41 Å². The first-order valence-corrected chi connectivity index (χ1v) is 25.7. The average Bonchev–Trinajstić information content (AvgIpc) is 3.74. The number of hydrogen-bond acceptors (Lipinski definition) is 2. The highest BCUT2D eigenvalue weighted by Gasteiger charge is 2.37. The quantitative estimate of drug-likeness (QED) is 0.126. The summed E-state index contributed by atoms with van der Waals surface area (Å²) in [4.78, 5) is 4.81. The summed E-state index contributed by atoms with van der Waals surface area (Å²) < 4.78 is 0. The van der Waals surface area contributed by atoms with Crippen molar-refractivity contribution >= 4 is 55.7 Å². The molecule has 12 aromatic carbocycles. The van der Waals surface area contributed by atoms with E-state index in [1.807, 2.05) is 0 Å². The lowest BCUT2D eigenvalue weighted by atomic mass is 9.82. The maximum Gasteiger partial charge on any atom is 0.0546 e. The smallest absolute Gasteiger partial charge is 0.0546 e. The summed E-state index contributed by atoms with van der Waals surface area (Å²) in [7, 11) is 0. The molecular formula is C72H54N2. The van der Waals surface area contributed by atoms with Crippen LogP contribution < -0.4 is 9.80 Å². The van der Waals surface area contributed by atoms with Crippen molar-refractivity contribution in [2.45, 2.75) is 26.2 Å². The van der Waals surface area contributed by atoms with Crippen LogP contribution in [0, 0.1) is 6.92 Å². The molecule has 0 unspecified atom stereocenters. The van der Waals surface area contributed by atoms with Crippen molar-refractivity contribution in [1.82, 2.24) is 0 Å². The molecular weight excluding hydrogens is 893 g/mol. The molecule has 0 N–H and O–H groups in total. The highest BCUT2D eigenvalue weighted by molar-refractivity contribution is 6.14. The maximum atomic E-state index is 2.42. The molecule has 0 saturated carbocycles. The molecule has 0 fully saturated rings. The van der Waals surface area contributed by atoms with E-state index in [1.165, 1.54) is 82.7 Å². The summed E-state index contributed by atoms with van der Waals surface area (Å²) in [6, 6.07) is 100. The molecule has 0 bridgehead atoms. The van der Waals surface area contributed by atoms with Gasteiger partial charge in [0, 0.05) is 39.2 Å². The minimum absolute atomic E-state index is 0.118. The number of para-hydroxylation sites is 2. The Morgan fingerprint density at radius 3 is 1.28 bits per heavy atom. The number of rotatable bonds is 10. The standard InChI is InChI=1S/C72H54N2/c1-49-21-20-34-68-71(49)63-44-43-59(46-69(63)72(68,2)3)73(55-27-12-6-13-28-55)57-39-35-52(36-40-57)66-47-65(51-24-10-5-11-25-51)67(48-64(66)50-22-8-4-9-23-50)53-37-41-58(42-38-53)74(56-29-14-7-15-30-56)70-45-54-26-16-17-31-60(54)61-32-18-19-33-62(61)70/h4-48H,1-3H3. The summed E-state index contributed by atoms with van der Waals surface area (Å²) in [5, 5.41) is 4.93. The van der Waals surface area contributed by atoms with Crippen molar-refractivity contribution in [3.63, 3.8) is 0 Å². The van der Waals surface area contributed by atoms with Crippen molar-refractivity contribution in [2.24, 2.45) is 0 Å². The first kappa shape index (κ1) is 44.7. The largest absolute Gasteiger partial charge is 0.310 e. The number of anilines is 6. The van der Waals surface area contributed by atoms with Gasteiger partial charge in [-0.05, 0) is 174 Å². The van der Waals surface area contributed by atoms with Gasteiger partial charge in [0.25, 0.3) is 0 Å². The zero-order chi connectivity index (χ0) is 49.8. The normalized spacial score (nSPS) is 12.4. The fourth-order valence-corrected chi connectivity index (χ4v) is 11.7. The van der Waals surface area contributed by atoms with Gasteiger partial charge in [0.2, 0.25) is 0 Å². The van der Waals surface area contributed by atoms with Gasteiger partial charge in [-0.15, -0.1) is 0 Å². The Hall–Kier alpha value is -9.24. The number of hydrogen-bond donors (Lipinski definition) is 0. The van der Waals surface area contributed by atoms with Crippen LogP contribution in [0.15, 0.2) is 273 Å². The minimum atomic E-state index is -0.118. The Balaban J connectivity index is 0.933. The van der Waals surface area contributed by atoms with E-state index in [9.17, 15) is 0 Å². The summed E-state index contributed by atoms with van der Waals surface area (Å²) in [5.41, 5.74) is 22.8. The van der Waals surface area contributed by atoms with Crippen LogP contribution in [0.5, 0.6) is 0 Å². The molecule has 12 aromatic rings. The second kappa shape index (κ2) is 18.4. The molecule has 1 aliphatic carbocycles. The predicted octanol–water partition coefficient (Wildman–Crippen LogP) is 20.2. The van der Waals surface area contributed by atoms with Crippen LogP contribution >= 0.6 is 0 Å². The molecule has 0 radical (unpaired) electrons. The van der Waals surface area contributed by atoms with Crippen molar-refractivity contribution < 1.29 is 0 Å². The van der Waals surface area contributed by atoms with Gasteiger partial charge in [0.15, 0.2) is 0 Å². The van der Waals surface area contributed by atoms with E-state index >= 15 is 0 Å². The van der Waals surface area contributed by atoms with Gasteiger partial charge in [-0.25, -0.2) is 0 Å². The van der Waals surface area contributed by atoms with E-state index in [0.29, 0.717) is 0 Å². The second-order valence-corrected chi connectivity index (χ2v) is 20.1. The van der Waals surface area contributed by atoms with E-state index in [4.69, 9.17) is 0 Å². The Morgan fingerprint density at radius 1 is 0.284 bits per heavy atom. The lowest BCUT2D eigenvalue weighted by molar-refractivity contribution is 0.660. The van der Waals surface area contributed by atoms with E-state index in [0.717, 1.165) is 45.3 Å². The molecule has 0 saturated heterocycles. The van der Waals surface area contributed by atoms with Crippen LogP contribution in [-0.4, -0.2) is 0 Å². The Bertz CT molecular complexity index is 4010. The Morgan fingerprint density at radius 2 is 0.716 bits per heavy atom. The molecule has 0 amide bonds. The summed E-state index contributed by atoms with van der Waals surface area (Å²) in [6.45, 7) is 6.97. The first-order valence-electron chi connectivity index (χ1n) is 25.7. The van der Waals surface area contributed by atoms with Crippen LogP contribution in [0.1, 0.15) is 30.5 Å². The van der Waals surface area contributed by atoms with Crippen molar-refractivity contribution in [1.29, 1.82) is 0 Å². The fraction of sp³-hybridized carbons (Fsp3) is 0.0556. The van der Waals surface area contributed by atoms with Gasteiger partial charge >= 0.3 is 0 Å². The van der Waals surface area contributed by atoms with Gasteiger partial charge in [-0.2, -0.15) is 0 Å². The molecule has 0 aliphatic heterocycles. The molecule has 0 aromatic heterocycles. The van der Waals surface area contributed by atoms with E-state index in [1.54, 1.807) is 0 Å². The fourth-order valence-electron chi connectivity index (χ4n) is 11.7. The van der Waals surface area contributed by atoms with Gasteiger partial charge in [-0.3, -0.25) is 0 Å². The van der Waals surface area contributed by atoms with Gasteiger partial charge in [0.05, 0.1) is 5.69 Å². The summed E-state index contributed by atoms with van der Waals surface area (Å²) >= 11 is 0. The lowest BCUT2D eigenvalue weighted by Gasteiger charge is -2.28. The zero-order valence-corrected chi connectivity index (χ0v) is 41.9. The third kappa shape index (κ3) is 7.75. The second-order valence-electron chi connectivity index (χ2n) is 20.1.